The minimum absolute atomic E-state index is 0.106. The number of hydrogen-bond donors (Lipinski definition) is 2. The van der Waals surface area contributed by atoms with E-state index in [1.165, 1.54) is 17.8 Å². The van der Waals surface area contributed by atoms with E-state index in [0.717, 1.165) is 0 Å². The largest absolute Gasteiger partial charge is 0.343 e. The molecule has 1 aliphatic carbocycles. The Labute approximate surface area is 171 Å². The quantitative estimate of drug-likeness (QED) is 0.342. The van der Waals surface area contributed by atoms with Gasteiger partial charge in [0.1, 0.15) is 5.82 Å². The zero-order valence-corrected chi connectivity index (χ0v) is 17.1. The number of aromatic nitrogens is 2. The number of hydrogen-bond acceptors (Lipinski definition) is 7. The number of benzene rings is 1. The van der Waals surface area contributed by atoms with Crippen LogP contribution in [0.15, 0.2) is 45.5 Å². The van der Waals surface area contributed by atoms with E-state index in [4.69, 9.17) is 0 Å². The number of nitro groups is 1. The number of anilines is 1. The Morgan fingerprint density at radius 3 is 2.66 bits per heavy atom. The van der Waals surface area contributed by atoms with Crippen LogP contribution < -0.4 is 10.9 Å². The number of H-pyrrole nitrogens is 1. The predicted molar refractivity (Wildman–Crippen MR) is 110 cm³/mol. The Hall–Kier alpha value is -2.94. The number of carbonyl (C=O) groups excluding carboxylic acids is 1. The molecule has 8 nitrogen and oxygen atoms in total. The highest BCUT2D eigenvalue weighted by molar-refractivity contribution is 7.98. The number of allylic oxidation sites excluding steroid dienone is 2. The molecule has 0 spiro atoms. The van der Waals surface area contributed by atoms with Gasteiger partial charge < -0.3 is 10.3 Å². The number of thioether (sulfide) groups is 1. The van der Waals surface area contributed by atoms with Crippen LogP contribution in [0.1, 0.15) is 43.7 Å². The molecule has 150 valence electrons. The molecule has 0 saturated heterocycles. The lowest BCUT2D eigenvalue weighted by Crippen LogP contribution is -2.37. The first-order valence-corrected chi connectivity index (χ1v) is 10.4. The zero-order valence-electron chi connectivity index (χ0n) is 16.2. The molecule has 1 aromatic heterocycles. The summed E-state index contributed by atoms with van der Waals surface area (Å²) in [6, 6.07) is 6.26. The molecule has 0 bridgehead atoms. The van der Waals surface area contributed by atoms with Crippen LogP contribution in [0, 0.1) is 15.5 Å². The second kappa shape index (κ2) is 6.84. The number of nitro benzene ring substituents is 1. The maximum atomic E-state index is 13.1. The number of para-hydroxylation sites is 1. The predicted octanol–water partition coefficient (Wildman–Crippen LogP) is 3.60. The van der Waals surface area contributed by atoms with Crippen molar-refractivity contribution in [3.8, 4) is 0 Å². The van der Waals surface area contributed by atoms with Gasteiger partial charge in [-0.25, -0.2) is 4.98 Å². The van der Waals surface area contributed by atoms with Crippen molar-refractivity contribution >= 4 is 29.1 Å². The standard InChI is InChI=1S/C20H20N4O4S/c1-20(2)8-11-15(13(25)9-20)14(10-6-4-5-7-12(10)24(27)28)16-17(21-11)22-19(29-3)23-18(16)26/h4-7,14H,8-9H2,1-3H3,(H2,21,22,23,26). The van der Waals surface area contributed by atoms with E-state index in [1.54, 1.807) is 24.5 Å². The molecule has 2 aromatic rings. The van der Waals surface area contributed by atoms with Gasteiger partial charge in [-0.1, -0.05) is 43.8 Å². The Kier molecular flexibility index (Phi) is 4.57. The summed E-state index contributed by atoms with van der Waals surface area (Å²) in [6.45, 7) is 4.01. The summed E-state index contributed by atoms with van der Waals surface area (Å²) in [5, 5.41) is 15.3. The maximum absolute atomic E-state index is 13.1. The minimum atomic E-state index is -0.835. The van der Waals surface area contributed by atoms with Gasteiger partial charge in [0.25, 0.3) is 11.2 Å². The van der Waals surface area contributed by atoms with Crippen molar-refractivity contribution in [3.05, 3.63) is 67.1 Å². The lowest BCUT2D eigenvalue weighted by Gasteiger charge is -2.38. The summed E-state index contributed by atoms with van der Waals surface area (Å²) >= 11 is 1.29. The van der Waals surface area contributed by atoms with E-state index < -0.39 is 16.4 Å². The van der Waals surface area contributed by atoms with E-state index in [0.29, 0.717) is 40.6 Å². The minimum Gasteiger partial charge on any atom is -0.343 e. The number of aromatic amines is 1. The molecule has 2 aliphatic rings. The summed E-state index contributed by atoms with van der Waals surface area (Å²) in [4.78, 5) is 44.5. The smallest absolute Gasteiger partial charge is 0.273 e. The molecule has 1 aliphatic heterocycles. The first kappa shape index (κ1) is 19.4. The molecule has 9 heteroatoms. The molecular formula is C20H20N4O4S. The second-order valence-electron chi connectivity index (χ2n) is 8.04. The van der Waals surface area contributed by atoms with Gasteiger partial charge in [-0.2, -0.15) is 0 Å². The molecular weight excluding hydrogens is 392 g/mol. The normalized spacial score (nSPS) is 20.0. The lowest BCUT2D eigenvalue weighted by atomic mass is 9.69. The van der Waals surface area contributed by atoms with Crippen LogP contribution in [-0.2, 0) is 4.79 Å². The molecule has 29 heavy (non-hydrogen) atoms. The van der Waals surface area contributed by atoms with Crippen molar-refractivity contribution < 1.29 is 9.72 Å². The molecule has 0 fully saturated rings. The molecule has 1 unspecified atom stereocenters. The van der Waals surface area contributed by atoms with Crippen LogP contribution in [0.4, 0.5) is 11.5 Å². The van der Waals surface area contributed by atoms with Crippen LogP contribution in [0.5, 0.6) is 0 Å². The number of rotatable bonds is 3. The van der Waals surface area contributed by atoms with Crippen molar-refractivity contribution in [3.63, 3.8) is 0 Å². The number of nitrogens with one attached hydrogen (secondary N) is 2. The fraction of sp³-hybridized carbons (Fsp3) is 0.350. The second-order valence-corrected chi connectivity index (χ2v) is 8.84. The van der Waals surface area contributed by atoms with Gasteiger partial charge in [-0.3, -0.25) is 19.7 Å². The van der Waals surface area contributed by atoms with E-state index >= 15 is 0 Å². The van der Waals surface area contributed by atoms with Crippen molar-refractivity contribution in [2.45, 2.75) is 37.8 Å². The van der Waals surface area contributed by atoms with Gasteiger partial charge >= 0.3 is 0 Å². The molecule has 0 amide bonds. The van der Waals surface area contributed by atoms with Crippen LogP contribution in [0.3, 0.4) is 0 Å². The highest BCUT2D eigenvalue weighted by Gasteiger charge is 2.44. The fourth-order valence-electron chi connectivity index (χ4n) is 4.20. The molecule has 4 rings (SSSR count). The summed E-state index contributed by atoms with van der Waals surface area (Å²) in [5.74, 6) is -0.588. The third kappa shape index (κ3) is 3.25. The Bertz CT molecular complexity index is 1140. The highest BCUT2D eigenvalue weighted by Crippen LogP contribution is 2.49. The van der Waals surface area contributed by atoms with Crippen molar-refractivity contribution in [1.29, 1.82) is 0 Å². The number of nitrogens with zero attached hydrogens (tertiary/aromatic N) is 2. The average Bonchev–Trinajstić information content (AvgIpc) is 2.65. The van der Waals surface area contributed by atoms with Crippen molar-refractivity contribution in [2.24, 2.45) is 5.41 Å². The van der Waals surface area contributed by atoms with Crippen LogP contribution in [0.2, 0.25) is 0 Å². The lowest BCUT2D eigenvalue weighted by molar-refractivity contribution is -0.385. The monoisotopic (exact) mass is 412 g/mol. The van der Waals surface area contributed by atoms with Gasteiger partial charge in [0, 0.05) is 29.3 Å². The van der Waals surface area contributed by atoms with E-state index in [9.17, 15) is 19.7 Å². The Balaban J connectivity index is 2.04. The number of carbonyl (C=O) groups is 1. The highest BCUT2D eigenvalue weighted by atomic mass is 32.2. The molecule has 0 saturated carbocycles. The first-order chi connectivity index (χ1) is 13.7. The van der Waals surface area contributed by atoms with Gasteiger partial charge in [0.05, 0.1) is 16.4 Å². The molecule has 1 aromatic carbocycles. The van der Waals surface area contributed by atoms with Crippen molar-refractivity contribution in [2.75, 3.05) is 11.6 Å². The van der Waals surface area contributed by atoms with Crippen molar-refractivity contribution in [1.82, 2.24) is 9.97 Å². The molecule has 2 heterocycles. The van der Waals surface area contributed by atoms with E-state index in [2.05, 4.69) is 15.3 Å². The summed E-state index contributed by atoms with van der Waals surface area (Å²) in [6.07, 6.45) is 2.70. The van der Waals surface area contributed by atoms with Crippen LogP contribution >= 0.6 is 11.8 Å². The van der Waals surface area contributed by atoms with Gasteiger partial charge in [-0.15, -0.1) is 0 Å². The fourth-order valence-corrected chi connectivity index (χ4v) is 4.58. The van der Waals surface area contributed by atoms with Gasteiger partial charge in [0.2, 0.25) is 0 Å². The molecule has 2 N–H and O–H groups in total. The Morgan fingerprint density at radius 2 is 1.97 bits per heavy atom. The summed E-state index contributed by atoms with van der Waals surface area (Å²) in [7, 11) is 0. The topological polar surface area (TPSA) is 118 Å². The van der Waals surface area contributed by atoms with Crippen LogP contribution in [0.25, 0.3) is 0 Å². The van der Waals surface area contributed by atoms with E-state index in [-0.39, 0.29) is 22.4 Å². The summed E-state index contributed by atoms with van der Waals surface area (Å²) < 4.78 is 0. The number of Topliss-reactive ketones (excluding diaryl/α,β-unsaturated/α-hetero) is 1. The third-order valence-corrected chi connectivity index (χ3v) is 5.92. The maximum Gasteiger partial charge on any atom is 0.273 e. The Morgan fingerprint density at radius 1 is 1.24 bits per heavy atom. The average molecular weight is 412 g/mol. The SMILES string of the molecule is CSc1nc2c(c(=O)[nH]1)C(c1ccccc1[N+](=O)[O-])C1=C(CC(C)(C)CC1=O)N2. The zero-order chi connectivity index (χ0) is 20.9. The van der Waals surface area contributed by atoms with Crippen LogP contribution in [-0.4, -0.2) is 26.9 Å². The number of ketones is 1. The molecule has 0 radical (unpaired) electrons. The van der Waals surface area contributed by atoms with Gasteiger partial charge in [0.15, 0.2) is 10.9 Å². The number of fused-ring (bicyclic) bond motifs is 1. The summed E-state index contributed by atoms with van der Waals surface area (Å²) in [5.41, 5.74) is 0.899. The molecule has 1 atom stereocenters. The van der Waals surface area contributed by atoms with Gasteiger partial charge in [-0.05, 0) is 18.1 Å². The third-order valence-electron chi connectivity index (χ3n) is 5.34. The first-order valence-electron chi connectivity index (χ1n) is 9.16. The van der Waals surface area contributed by atoms with E-state index in [1.807, 2.05) is 13.8 Å².